The molecule has 2 aliphatic rings. The summed E-state index contributed by atoms with van der Waals surface area (Å²) in [5, 5.41) is 15.5. The third-order valence-corrected chi connectivity index (χ3v) is 9.55. The lowest BCUT2D eigenvalue weighted by Gasteiger charge is -2.34. The Morgan fingerprint density at radius 3 is 2.63 bits per heavy atom. The lowest BCUT2D eigenvalue weighted by molar-refractivity contribution is -0.384. The molecule has 1 aromatic carbocycles. The molecule has 200 valence electrons. The van der Waals surface area contributed by atoms with E-state index in [1.165, 1.54) is 23.5 Å². The molecular formula is C25H25ClN4O6S2. The van der Waals surface area contributed by atoms with Crippen molar-refractivity contribution in [3.63, 3.8) is 0 Å². The van der Waals surface area contributed by atoms with Crippen molar-refractivity contribution in [2.45, 2.75) is 26.2 Å². The molecule has 0 bridgehead atoms. The standard InChI is InChI=1S/C25H25ClN4O6S2/c1-2-36-25(33)20-15-4-3-5-17(15)38-23(20)27-19(31)13-28-8-10-29(11-9-28)24(32)22-21(26)16-7-6-14(30(34)35)12-18(16)37-22/h6-7,12H,2-5,8-11,13H2,1H3,(H,27,31). The summed E-state index contributed by atoms with van der Waals surface area (Å²) >= 11 is 9.05. The topological polar surface area (TPSA) is 122 Å². The Hall–Kier alpha value is -3.06. The van der Waals surface area contributed by atoms with Gasteiger partial charge in [0.05, 0.1) is 28.7 Å². The fourth-order valence-corrected chi connectivity index (χ4v) is 7.65. The molecule has 0 unspecified atom stereocenters. The van der Waals surface area contributed by atoms with Crippen molar-refractivity contribution < 1.29 is 24.0 Å². The van der Waals surface area contributed by atoms with E-state index < -0.39 is 10.9 Å². The number of hydrogen-bond acceptors (Lipinski definition) is 9. The van der Waals surface area contributed by atoms with Crippen LogP contribution in [0.5, 0.6) is 0 Å². The van der Waals surface area contributed by atoms with E-state index >= 15 is 0 Å². The fraction of sp³-hybridized carbons (Fsp3) is 0.400. The van der Waals surface area contributed by atoms with Crippen LogP contribution in [0.4, 0.5) is 10.7 Å². The number of anilines is 1. The van der Waals surface area contributed by atoms with Gasteiger partial charge in [0.15, 0.2) is 0 Å². The third kappa shape index (κ3) is 5.13. The molecule has 2 aromatic heterocycles. The Balaban J connectivity index is 1.20. The number of nitrogens with zero attached hydrogens (tertiary/aromatic N) is 3. The van der Waals surface area contributed by atoms with E-state index in [2.05, 4.69) is 5.32 Å². The summed E-state index contributed by atoms with van der Waals surface area (Å²) in [4.78, 5) is 54.3. The maximum absolute atomic E-state index is 13.2. The summed E-state index contributed by atoms with van der Waals surface area (Å²) in [6.45, 7) is 3.99. The maximum Gasteiger partial charge on any atom is 0.341 e. The number of nitrogens with one attached hydrogen (secondary N) is 1. The number of aryl methyl sites for hydroxylation is 1. The number of carbonyl (C=O) groups is 3. The van der Waals surface area contributed by atoms with E-state index in [0.717, 1.165) is 41.0 Å². The number of halogens is 1. The number of thiophene rings is 2. The smallest absolute Gasteiger partial charge is 0.341 e. The molecule has 0 atom stereocenters. The summed E-state index contributed by atoms with van der Waals surface area (Å²) in [7, 11) is 0. The van der Waals surface area contributed by atoms with Gasteiger partial charge in [0.1, 0.15) is 9.88 Å². The molecule has 0 radical (unpaired) electrons. The first-order valence-electron chi connectivity index (χ1n) is 12.3. The fourth-order valence-electron chi connectivity index (χ4n) is 4.84. The molecule has 3 aromatic rings. The summed E-state index contributed by atoms with van der Waals surface area (Å²) in [6, 6.07) is 4.36. The van der Waals surface area contributed by atoms with Crippen LogP contribution in [0.1, 0.15) is 43.8 Å². The predicted octanol–water partition coefficient (Wildman–Crippen LogP) is 4.59. The number of fused-ring (bicyclic) bond motifs is 2. The monoisotopic (exact) mass is 576 g/mol. The highest BCUT2D eigenvalue weighted by molar-refractivity contribution is 7.21. The number of piperazine rings is 1. The molecule has 13 heteroatoms. The minimum atomic E-state index is -0.479. The van der Waals surface area contributed by atoms with Crippen LogP contribution in [0.25, 0.3) is 10.1 Å². The number of rotatable bonds is 7. The van der Waals surface area contributed by atoms with E-state index in [1.807, 2.05) is 4.90 Å². The number of hydrogen-bond donors (Lipinski definition) is 1. The molecular weight excluding hydrogens is 552 g/mol. The normalized spacial score (nSPS) is 15.5. The summed E-state index contributed by atoms with van der Waals surface area (Å²) in [5.41, 5.74) is 1.42. The number of benzene rings is 1. The van der Waals surface area contributed by atoms with Gasteiger partial charge in [-0.25, -0.2) is 4.79 Å². The van der Waals surface area contributed by atoms with Crippen molar-refractivity contribution >= 4 is 72.8 Å². The molecule has 0 saturated carbocycles. The van der Waals surface area contributed by atoms with Gasteiger partial charge in [-0.1, -0.05) is 11.6 Å². The molecule has 38 heavy (non-hydrogen) atoms. The minimum absolute atomic E-state index is 0.0529. The highest BCUT2D eigenvalue weighted by atomic mass is 35.5. The van der Waals surface area contributed by atoms with Gasteiger partial charge in [-0.2, -0.15) is 0 Å². The van der Waals surface area contributed by atoms with Crippen molar-refractivity contribution in [1.29, 1.82) is 0 Å². The number of non-ortho nitro benzene ring substituents is 1. The van der Waals surface area contributed by atoms with Gasteiger partial charge < -0.3 is 15.0 Å². The Labute approximate surface area is 231 Å². The van der Waals surface area contributed by atoms with Crippen molar-refractivity contribution in [3.05, 3.63) is 54.2 Å². The van der Waals surface area contributed by atoms with E-state index in [-0.39, 0.29) is 30.7 Å². The number of ether oxygens (including phenoxy) is 1. The first-order chi connectivity index (χ1) is 18.3. The van der Waals surface area contributed by atoms with E-state index in [9.17, 15) is 24.5 Å². The predicted molar refractivity (Wildman–Crippen MR) is 147 cm³/mol. The average molecular weight is 577 g/mol. The molecule has 1 saturated heterocycles. The van der Waals surface area contributed by atoms with Crippen LogP contribution in [0.2, 0.25) is 5.02 Å². The van der Waals surface area contributed by atoms with Crippen LogP contribution in [0.15, 0.2) is 18.2 Å². The second-order valence-electron chi connectivity index (χ2n) is 9.08. The highest BCUT2D eigenvalue weighted by Gasteiger charge is 2.30. The highest BCUT2D eigenvalue weighted by Crippen LogP contribution is 2.40. The molecule has 1 aliphatic carbocycles. The number of nitro benzene ring substituents is 1. The zero-order valence-electron chi connectivity index (χ0n) is 20.6. The van der Waals surface area contributed by atoms with Gasteiger partial charge in [0.25, 0.3) is 11.6 Å². The van der Waals surface area contributed by atoms with Gasteiger partial charge in [-0.3, -0.25) is 24.6 Å². The third-order valence-electron chi connectivity index (χ3n) is 6.70. The van der Waals surface area contributed by atoms with Crippen LogP contribution in [-0.4, -0.2) is 71.8 Å². The van der Waals surface area contributed by atoms with E-state index in [0.29, 0.717) is 56.7 Å². The van der Waals surface area contributed by atoms with Crippen LogP contribution >= 0.6 is 34.3 Å². The summed E-state index contributed by atoms with van der Waals surface area (Å²) < 4.78 is 5.82. The minimum Gasteiger partial charge on any atom is -0.462 e. The number of carbonyl (C=O) groups excluding carboxylic acids is 3. The zero-order valence-corrected chi connectivity index (χ0v) is 23.0. The van der Waals surface area contributed by atoms with Crippen LogP contribution in [-0.2, 0) is 22.4 Å². The second-order valence-corrected chi connectivity index (χ2v) is 11.6. The van der Waals surface area contributed by atoms with E-state index in [4.69, 9.17) is 16.3 Å². The van der Waals surface area contributed by atoms with Gasteiger partial charge in [-0.15, -0.1) is 22.7 Å². The van der Waals surface area contributed by atoms with Crippen LogP contribution < -0.4 is 5.32 Å². The molecule has 3 heterocycles. The van der Waals surface area contributed by atoms with Crippen molar-refractivity contribution in [2.24, 2.45) is 0 Å². The van der Waals surface area contributed by atoms with Gasteiger partial charge in [-0.05, 0) is 37.8 Å². The van der Waals surface area contributed by atoms with Crippen LogP contribution in [0, 0.1) is 10.1 Å². The first-order valence-corrected chi connectivity index (χ1v) is 14.3. The Morgan fingerprint density at radius 2 is 1.92 bits per heavy atom. The van der Waals surface area contributed by atoms with Crippen molar-refractivity contribution in [1.82, 2.24) is 9.80 Å². The van der Waals surface area contributed by atoms with Crippen molar-refractivity contribution in [3.8, 4) is 0 Å². The molecule has 2 amide bonds. The SMILES string of the molecule is CCOC(=O)c1c(NC(=O)CN2CCN(C(=O)c3sc4cc([N+](=O)[O-])ccc4c3Cl)CC2)sc2c1CCC2. The first kappa shape index (κ1) is 26.5. The molecule has 1 N–H and O–H groups in total. The summed E-state index contributed by atoms with van der Waals surface area (Å²) in [5.74, 6) is -0.844. The lowest BCUT2D eigenvalue weighted by Crippen LogP contribution is -2.50. The van der Waals surface area contributed by atoms with Gasteiger partial charge >= 0.3 is 5.97 Å². The molecule has 0 spiro atoms. The number of esters is 1. The molecule has 1 aliphatic heterocycles. The molecule has 10 nitrogen and oxygen atoms in total. The summed E-state index contributed by atoms with van der Waals surface area (Å²) in [6.07, 6.45) is 2.71. The van der Waals surface area contributed by atoms with Crippen molar-refractivity contribution in [2.75, 3.05) is 44.6 Å². The Kier molecular flexibility index (Phi) is 7.66. The quantitative estimate of drug-likeness (QED) is 0.248. The Morgan fingerprint density at radius 1 is 1.16 bits per heavy atom. The lowest BCUT2D eigenvalue weighted by atomic mass is 10.1. The van der Waals surface area contributed by atoms with Crippen LogP contribution in [0.3, 0.4) is 0 Å². The van der Waals surface area contributed by atoms with E-state index in [1.54, 1.807) is 17.9 Å². The average Bonchev–Trinajstić information content (AvgIpc) is 3.57. The largest absolute Gasteiger partial charge is 0.462 e. The van der Waals surface area contributed by atoms with Gasteiger partial charge in [0.2, 0.25) is 5.91 Å². The molecule has 5 rings (SSSR count). The Bertz CT molecular complexity index is 1440. The number of amides is 2. The molecule has 1 fully saturated rings. The maximum atomic E-state index is 13.2. The zero-order chi connectivity index (χ0) is 27.0. The number of nitro groups is 1. The second kappa shape index (κ2) is 11.0. The van der Waals surface area contributed by atoms with Gasteiger partial charge in [0, 0.05) is 53.3 Å².